The first-order valence-corrected chi connectivity index (χ1v) is 6.93. The lowest BCUT2D eigenvalue weighted by Crippen LogP contribution is -2.21. The fraction of sp³-hybridized carbons (Fsp3) is 0.500. The molecule has 0 aliphatic rings. The van der Waals surface area contributed by atoms with Crippen LogP contribution in [0.25, 0.3) is 4.96 Å². The number of aromatic carboxylic acids is 1. The smallest absolute Gasteiger partial charge is 0.356 e. The largest absolute Gasteiger partial charge is 0.476 e. The molecule has 6 heteroatoms. The van der Waals surface area contributed by atoms with Gasteiger partial charge in [0.05, 0.1) is 0 Å². The van der Waals surface area contributed by atoms with Crippen LogP contribution in [0.15, 0.2) is 11.6 Å². The zero-order chi connectivity index (χ0) is 13.1. The number of imidazole rings is 1. The van der Waals surface area contributed by atoms with Crippen LogP contribution in [0, 0.1) is 0 Å². The molecule has 2 aromatic rings. The molecule has 2 aromatic heterocycles. The van der Waals surface area contributed by atoms with Gasteiger partial charge in [-0.3, -0.25) is 4.40 Å². The zero-order valence-corrected chi connectivity index (χ0v) is 11.4. The molecule has 0 radical (unpaired) electrons. The predicted octanol–water partition coefficient (Wildman–Crippen LogP) is 2.72. The van der Waals surface area contributed by atoms with Crippen LogP contribution in [0.1, 0.15) is 36.7 Å². The maximum absolute atomic E-state index is 11.3. The number of unbranched alkanes of at least 4 members (excludes halogenated alkanes) is 2. The topological polar surface area (TPSA) is 57.8 Å². The van der Waals surface area contributed by atoms with E-state index in [-0.39, 0.29) is 5.69 Å². The van der Waals surface area contributed by atoms with Crippen molar-refractivity contribution in [3.8, 4) is 0 Å². The van der Waals surface area contributed by atoms with Crippen molar-refractivity contribution in [2.45, 2.75) is 26.2 Å². The van der Waals surface area contributed by atoms with Gasteiger partial charge in [-0.25, -0.2) is 9.78 Å². The van der Waals surface area contributed by atoms with Crippen molar-refractivity contribution < 1.29 is 9.90 Å². The van der Waals surface area contributed by atoms with Crippen molar-refractivity contribution in [3.05, 3.63) is 17.3 Å². The summed E-state index contributed by atoms with van der Waals surface area (Å²) in [4.78, 5) is 18.4. The maximum atomic E-state index is 11.3. The highest BCUT2D eigenvalue weighted by atomic mass is 32.1. The number of fused-ring (bicyclic) bond motifs is 1. The average Bonchev–Trinajstić information content (AvgIpc) is 2.87. The minimum absolute atomic E-state index is 0.255. The first-order valence-electron chi connectivity index (χ1n) is 6.05. The molecule has 2 heterocycles. The standard InChI is InChI=1S/C12H17N3O2S/c1-3-4-5-6-14(2)10-9(11(16)17)15-7-8-18-12(15)13-10/h7-8H,3-6H2,1-2H3,(H,16,17). The Morgan fingerprint density at radius 1 is 1.56 bits per heavy atom. The third-order valence-corrected chi connectivity index (χ3v) is 3.66. The maximum Gasteiger partial charge on any atom is 0.356 e. The molecule has 0 aliphatic heterocycles. The van der Waals surface area contributed by atoms with Crippen molar-refractivity contribution in [1.82, 2.24) is 9.38 Å². The Morgan fingerprint density at radius 3 is 3.00 bits per heavy atom. The van der Waals surface area contributed by atoms with Gasteiger partial charge in [-0.1, -0.05) is 19.8 Å². The second-order valence-electron chi connectivity index (χ2n) is 4.27. The molecule has 5 nitrogen and oxygen atoms in total. The summed E-state index contributed by atoms with van der Waals surface area (Å²) in [5.41, 5.74) is 0.255. The molecular weight excluding hydrogens is 250 g/mol. The summed E-state index contributed by atoms with van der Waals surface area (Å²) in [6.45, 7) is 2.98. The van der Waals surface area contributed by atoms with Gasteiger partial charge in [0.25, 0.3) is 0 Å². The lowest BCUT2D eigenvalue weighted by molar-refractivity contribution is 0.0690. The average molecular weight is 267 g/mol. The number of carboxylic acids is 1. The normalized spacial score (nSPS) is 11.0. The summed E-state index contributed by atoms with van der Waals surface area (Å²) in [5, 5.41) is 11.2. The first-order chi connectivity index (χ1) is 8.65. The highest BCUT2D eigenvalue weighted by Gasteiger charge is 2.21. The molecule has 0 saturated carbocycles. The van der Waals surface area contributed by atoms with Crippen LogP contribution in [-0.2, 0) is 0 Å². The Bertz CT molecular complexity index is 547. The van der Waals surface area contributed by atoms with Crippen LogP contribution in [0.5, 0.6) is 0 Å². The number of carboxylic acid groups (broad SMARTS) is 1. The lowest BCUT2D eigenvalue weighted by Gasteiger charge is -2.16. The molecule has 1 N–H and O–H groups in total. The van der Waals surface area contributed by atoms with Crippen LogP contribution < -0.4 is 4.90 Å². The van der Waals surface area contributed by atoms with E-state index in [2.05, 4.69) is 11.9 Å². The molecule has 18 heavy (non-hydrogen) atoms. The quantitative estimate of drug-likeness (QED) is 0.818. The van der Waals surface area contributed by atoms with Gasteiger partial charge < -0.3 is 10.0 Å². The molecule has 0 atom stereocenters. The van der Waals surface area contributed by atoms with E-state index in [9.17, 15) is 9.90 Å². The molecular formula is C12H17N3O2S. The van der Waals surface area contributed by atoms with Crippen LogP contribution in [0.3, 0.4) is 0 Å². The third kappa shape index (κ3) is 2.33. The van der Waals surface area contributed by atoms with Gasteiger partial charge in [0.2, 0.25) is 0 Å². The van der Waals surface area contributed by atoms with E-state index >= 15 is 0 Å². The van der Waals surface area contributed by atoms with Crippen LogP contribution in [0.4, 0.5) is 5.82 Å². The van der Waals surface area contributed by atoms with E-state index < -0.39 is 5.97 Å². The Morgan fingerprint density at radius 2 is 2.33 bits per heavy atom. The number of rotatable bonds is 6. The fourth-order valence-electron chi connectivity index (χ4n) is 1.94. The van der Waals surface area contributed by atoms with Gasteiger partial charge >= 0.3 is 5.97 Å². The second kappa shape index (κ2) is 5.39. The fourth-order valence-corrected chi connectivity index (χ4v) is 2.65. The number of nitrogens with zero attached hydrogens (tertiary/aromatic N) is 3. The molecule has 0 bridgehead atoms. The van der Waals surface area contributed by atoms with Gasteiger partial charge in [0.15, 0.2) is 16.5 Å². The molecule has 0 aliphatic carbocycles. The van der Waals surface area contributed by atoms with Gasteiger partial charge in [0, 0.05) is 25.2 Å². The summed E-state index contributed by atoms with van der Waals surface area (Å²) < 4.78 is 1.64. The molecule has 98 valence electrons. The number of aromatic nitrogens is 2. The third-order valence-electron chi connectivity index (χ3n) is 2.90. The van der Waals surface area contributed by atoms with Crippen molar-refractivity contribution in [3.63, 3.8) is 0 Å². The van der Waals surface area contributed by atoms with Crippen LogP contribution in [-0.4, -0.2) is 34.1 Å². The molecule has 0 saturated heterocycles. The number of anilines is 1. The van der Waals surface area contributed by atoms with E-state index in [4.69, 9.17) is 0 Å². The number of hydrogen-bond donors (Lipinski definition) is 1. The van der Waals surface area contributed by atoms with Gasteiger partial charge in [0.1, 0.15) is 0 Å². The van der Waals surface area contributed by atoms with Gasteiger partial charge in [-0.05, 0) is 6.42 Å². The Balaban J connectivity index is 2.28. The zero-order valence-electron chi connectivity index (χ0n) is 10.6. The Labute approximate surface area is 110 Å². The highest BCUT2D eigenvalue weighted by molar-refractivity contribution is 7.15. The molecule has 2 rings (SSSR count). The van der Waals surface area contributed by atoms with Gasteiger partial charge in [-0.2, -0.15) is 0 Å². The molecule has 0 fully saturated rings. The molecule has 0 aromatic carbocycles. The summed E-state index contributed by atoms with van der Waals surface area (Å²) in [6.07, 6.45) is 5.10. The first kappa shape index (κ1) is 12.9. The molecule has 0 amide bonds. The Hall–Kier alpha value is -1.56. The summed E-state index contributed by atoms with van der Waals surface area (Å²) in [6, 6.07) is 0. The molecule has 0 unspecified atom stereocenters. The second-order valence-corrected chi connectivity index (χ2v) is 5.15. The van der Waals surface area contributed by atoms with Crippen molar-refractivity contribution in [2.75, 3.05) is 18.5 Å². The van der Waals surface area contributed by atoms with Crippen LogP contribution >= 0.6 is 11.3 Å². The SMILES string of the molecule is CCCCCN(C)c1nc2sccn2c1C(=O)O. The van der Waals surface area contributed by atoms with Crippen molar-refractivity contribution in [2.24, 2.45) is 0 Å². The van der Waals surface area contributed by atoms with E-state index in [1.165, 1.54) is 11.3 Å². The number of thiazole rings is 1. The van der Waals surface area contributed by atoms with Gasteiger partial charge in [-0.15, -0.1) is 11.3 Å². The van der Waals surface area contributed by atoms with E-state index in [1.807, 2.05) is 17.3 Å². The minimum Gasteiger partial charge on any atom is -0.476 e. The number of carbonyl (C=O) groups is 1. The van der Waals surface area contributed by atoms with E-state index in [0.29, 0.717) is 5.82 Å². The Kier molecular flexibility index (Phi) is 3.86. The minimum atomic E-state index is -0.932. The summed E-state index contributed by atoms with van der Waals surface area (Å²) in [7, 11) is 1.90. The lowest BCUT2D eigenvalue weighted by atomic mass is 10.2. The molecule has 0 spiro atoms. The predicted molar refractivity (Wildman–Crippen MR) is 72.8 cm³/mol. The van der Waals surface area contributed by atoms with E-state index in [1.54, 1.807) is 10.6 Å². The number of hydrogen-bond acceptors (Lipinski definition) is 4. The summed E-state index contributed by atoms with van der Waals surface area (Å²) >= 11 is 1.45. The van der Waals surface area contributed by atoms with Crippen molar-refractivity contribution >= 4 is 28.1 Å². The highest BCUT2D eigenvalue weighted by Crippen LogP contribution is 2.24. The van der Waals surface area contributed by atoms with E-state index in [0.717, 1.165) is 30.8 Å². The van der Waals surface area contributed by atoms with Crippen LogP contribution in [0.2, 0.25) is 0 Å². The summed E-state index contributed by atoms with van der Waals surface area (Å²) in [5.74, 6) is -0.372. The van der Waals surface area contributed by atoms with Crippen molar-refractivity contribution in [1.29, 1.82) is 0 Å². The monoisotopic (exact) mass is 267 g/mol.